The zero-order chi connectivity index (χ0) is 16.2. The van der Waals surface area contributed by atoms with Crippen LogP contribution < -0.4 is 5.32 Å². The second-order valence-corrected chi connectivity index (χ2v) is 7.76. The van der Waals surface area contributed by atoms with Crippen LogP contribution in [0.1, 0.15) is 23.7 Å². The molecule has 2 rings (SSSR count). The van der Waals surface area contributed by atoms with Gasteiger partial charge in [0.15, 0.2) is 0 Å². The van der Waals surface area contributed by atoms with Gasteiger partial charge in [-0.25, -0.2) is 13.2 Å². The van der Waals surface area contributed by atoms with Gasteiger partial charge >= 0.3 is 5.97 Å². The summed E-state index contributed by atoms with van der Waals surface area (Å²) in [6, 6.07) is 4.44. The zero-order valence-corrected chi connectivity index (χ0v) is 14.7. The summed E-state index contributed by atoms with van der Waals surface area (Å²) in [6.45, 7) is 4.26. The van der Waals surface area contributed by atoms with Gasteiger partial charge in [-0.1, -0.05) is 15.9 Å². The molecule has 0 amide bonds. The minimum atomic E-state index is -3.62. The van der Waals surface area contributed by atoms with Crippen LogP contribution in [-0.2, 0) is 14.8 Å². The number of hydrogen-bond donors (Lipinski definition) is 1. The summed E-state index contributed by atoms with van der Waals surface area (Å²) >= 11 is 3.26. The Morgan fingerprint density at radius 1 is 1.32 bits per heavy atom. The Hall–Kier alpha value is -0.960. The van der Waals surface area contributed by atoms with E-state index in [1.807, 2.05) is 0 Å². The van der Waals surface area contributed by atoms with Crippen molar-refractivity contribution in [3.63, 3.8) is 0 Å². The molecule has 0 spiro atoms. The molecule has 1 saturated heterocycles. The van der Waals surface area contributed by atoms with Crippen molar-refractivity contribution < 1.29 is 17.9 Å². The van der Waals surface area contributed by atoms with E-state index in [0.717, 1.165) is 13.0 Å². The third kappa shape index (κ3) is 4.07. The normalized spacial score (nSPS) is 17.0. The van der Waals surface area contributed by atoms with Crippen molar-refractivity contribution in [2.75, 3.05) is 32.8 Å². The zero-order valence-electron chi connectivity index (χ0n) is 12.3. The largest absolute Gasteiger partial charge is 0.462 e. The summed E-state index contributed by atoms with van der Waals surface area (Å²) in [5.41, 5.74) is 0.225. The first-order valence-corrected chi connectivity index (χ1v) is 9.37. The maximum absolute atomic E-state index is 12.8. The molecule has 0 unspecified atom stereocenters. The van der Waals surface area contributed by atoms with Crippen molar-refractivity contribution in [3.8, 4) is 0 Å². The Balaban J connectivity index is 2.35. The van der Waals surface area contributed by atoms with Crippen LogP contribution in [0.25, 0.3) is 0 Å². The van der Waals surface area contributed by atoms with Crippen LogP contribution in [0.3, 0.4) is 0 Å². The number of carbonyl (C=O) groups is 1. The van der Waals surface area contributed by atoms with Crippen molar-refractivity contribution in [1.29, 1.82) is 0 Å². The van der Waals surface area contributed by atoms with Crippen LogP contribution in [0.5, 0.6) is 0 Å². The summed E-state index contributed by atoms with van der Waals surface area (Å²) in [5.74, 6) is -0.530. The first-order chi connectivity index (χ1) is 10.4. The highest BCUT2D eigenvalue weighted by molar-refractivity contribution is 9.10. The van der Waals surface area contributed by atoms with Gasteiger partial charge in [-0.3, -0.25) is 0 Å². The predicted molar refractivity (Wildman–Crippen MR) is 86.3 cm³/mol. The molecule has 0 radical (unpaired) electrons. The van der Waals surface area contributed by atoms with Crippen molar-refractivity contribution in [3.05, 3.63) is 28.2 Å². The highest BCUT2D eigenvalue weighted by Crippen LogP contribution is 2.23. The lowest BCUT2D eigenvalue weighted by molar-refractivity contribution is 0.0526. The summed E-state index contributed by atoms with van der Waals surface area (Å²) in [6.07, 6.45) is 0.762. The molecule has 0 bridgehead atoms. The highest BCUT2D eigenvalue weighted by Gasteiger charge is 2.26. The van der Waals surface area contributed by atoms with E-state index >= 15 is 0 Å². The first-order valence-electron chi connectivity index (χ1n) is 7.13. The van der Waals surface area contributed by atoms with Gasteiger partial charge in [0.2, 0.25) is 10.0 Å². The maximum atomic E-state index is 12.8. The number of nitrogens with zero attached hydrogens (tertiary/aromatic N) is 1. The van der Waals surface area contributed by atoms with E-state index in [-0.39, 0.29) is 17.1 Å². The molecule has 0 atom stereocenters. The molecule has 1 aliphatic heterocycles. The molecule has 122 valence electrons. The van der Waals surface area contributed by atoms with Crippen molar-refractivity contribution in [1.82, 2.24) is 9.62 Å². The van der Waals surface area contributed by atoms with Crippen LogP contribution in [0.15, 0.2) is 27.6 Å². The molecule has 1 heterocycles. The standard InChI is InChI=1S/C14H19BrN2O4S/c1-2-21-14(18)11-8-12(15)10-13(9-11)22(19,20)17-6-3-4-16-5-7-17/h8-10,16H,2-7H2,1H3. The fourth-order valence-electron chi connectivity index (χ4n) is 2.25. The maximum Gasteiger partial charge on any atom is 0.338 e. The Morgan fingerprint density at radius 2 is 2.09 bits per heavy atom. The molecule has 8 heteroatoms. The minimum Gasteiger partial charge on any atom is -0.462 e. The lowest BCUT2D eigenvalue weighted by Crippen LogP contribution is -2.34. The van der Waals surface area contributed by atoms with Gasteiger partial charge in [0, 0.05) is 24.1 Å². The molecule has 0 saturated carbocycles. The highest BCUT2D eigenvalue weighted by atomic mass is 79.9. The molecule has 1 N–H and O–H groups in total. The average molecular weight is 391 g/mol. The summed E-state index contributed by atoms with van der Waals surface area (Å²) < 4.78 is 32.4. The van der Waals surface area contributed by atoms with Gasteiger partial charge in [-0.15, -0.1) is 0 Å². The first kappa shape index (κ1) is 17.4. The predicted octanol–water partition coefficient (Wildman–Crippen LogP) is 1.61. The lowest BCUT2D eigenvalue weighted by Gasteiger charge is -2.20. The van der Waals surface area contributed by atoms with E-state index in [9.17, 15) is 13.2 Å². The molecule has 22 heavy (non-hydrogen) atoms. The Morgan fingerprint density at radius 3 is 2.82 bits per heavy atom. The fraction of sp³-hybridized carbons (Fsp3) is 0.500. The molecular weight excluding hydrogens is 372 g/mol. The Labute approximate surface area is 139 Å². The molecule has 6 nitrogen and oxygen atoms in total. The van der Waals surface area contributed by atoms with Crippen LogP contribution in [0.2, 0.25) is 0 Å². The number of rotatable bonds is 4. The third-order valence-electron chi connectivity index (χ3n) is 3.32. The molecule has 0 aliphatic carbocycles. The van der Waals surface area contributed by atoms with Gasteiger partial charge in [0.05, 0.1) is 17.1 Å². The van der Waals surface area contributed by atoms with E-state index in [0.29, 0.717) is 24.1 Å². The second-order valence-electron chi connectivity index (χ2n) is 4.90. The van der Waals surface area contributed by atoms with Gasteiger partial charge in [0.1, 0.15) is 0 Å². The average Bonchev–Trinajstić information content (AvgIpc) is 2.76. The van der Waals surface area contributed by atoms with Crippen LogP contribution >= 0.6 is 15.9 Å². The van der Waals surface area contributed by atoms with Crippen LogP contribution in [-0.4, -0.2) is 51.5 Å². The molecule has 1 fully saturated rings. The Kier molecular flexibility index (Phi) is 5.96. The summed E-state index contributed by atoms with van der Waals surface area (Å²) in [5, 5.41) is 3.17. The molecule has 1 aromatic carbocycles. The fourth-order valence-corrected chi connectivity index (χ4v) is 4.45. The van der Waals surface area contributed by atoms with Crippen LogP contribution in [0, 0.1) is 0 Å². The molecule has 1 aromatic rings. The van der Waals surface area contributed by atoms with E-state index in [1.54, 1.807) is 13.0 Å². The summed E-state index contributed by atoms with van der Waals surface area (Å²) in [4.78, 5) is 11.9. The number of carbonyl (C=O) groups excluding carboxylic acids is 1. The van der Waals surface area contributed by atoms with E-state index in [1.165, 1.54) is 16.4 Å². The van der Waals surface area contributed by atoms with Gasteiger partial charge in [0.25, 0.3) is 0 Å². The number of benzene rings is 1. The number of ether oxygens (including phenoxy) is 1. The topological polar surface area (TPSA) is 75.7 Å². The molecule has 1 aliphatic rings. The van der Waals surface area contributed by atoms with Crippen molar-refractivity contribution in [2.45, 2.75) is 18.2 Å². The van der Waals surface area contributed by atoms with E-state index in [4.69, 9.17) is 4.74 Å². The minimum absolute atomic E-state index is 0.104. The number of halogens is 1. The van der Waals surface area contributed by atoms with E-state index < -0.39 is 16.0 Å². The number of nitrogens with one attached hydrogen (secondary N) is 1. The quantitative estimate of drug-likeness (QED) is 0.790. The van der Waals surface area contributed by atoms with Gasteiger partial charge in [-0.2, -0.15) is 4.31 Å². The lowest BCUT2D eigenvalue weighted by atomic mass is 10.2. The van der Waals surface area contributed by atoms with Gasteiger partial charge < -0.3 is 10.1 Å². The monoisotopic (exact) mass is 390 g/mol. The molecular formula is C14H19BrN2O4S. The third-order valence-corrected chi connectivity index (χ3v) is 5.65. The number of hydrogen-bond acceptors (Lipinski definition) is 5. The second kappa shape index (κ2) is 7.54. The number of esters is 1. The van der Waals surface area contributed by atoms with Gasteiger partial charge in [-0.05, 0) is 38.1 Å². The van der Waals surface area contributed by atoms with Crippen molar-refractivity contribution in [2.24, 2.45) is 0 Å². The SMILES string of the molecule is CCOC(=O)c1cc(Br)cc(S(=O)(=O)N2CCCNCC2)c1. The molecule has 0 aromatic heterocycles. The van der Waals surface area contributed by atoms with Crippen molar-refractivity contribution >= 4 is 31.9 Å². The Bertz CT molecular complexity index is 640. The smallest absolute Gasteiger partial charge is 0.338 e. The van der Waals surface area contributed by atoms with Crippen LogP contribution in [0.4, 0.5) is 0 Å². The van der Waals surface area contributed by atoms with E-state index in [2.05, 4.69) is 21.2 Å². The summed E-state index contributed by atoms with van der Waals surface area (Å²) in [7, 11) is -3.62. The number of sulfonamides is 1.